The van der Waals surface area contributed by atoms with E-state index in [1.807, 2.05) is 31.2 Å². The molecule has 0 amide bonds. The van der Waals surface area contributed by atoms with Gasteiger partial charge in [-0.1, -0.05) is 0 Å². The number of furan rings is 1. The van der Waals surface area contributed by atoms with Gasteiger partial charge in [-0.25, -0.2) is 9.37 Å². The van der Waals surface area contributed by atoms with E-state index in [1.165, 1.54) is 6.07 Å². The smallest absolute Gasteiger partial charge is 0.157 e. The third-order valence-electron chi connectivity index (χ3n) is 5.39. The average Bonchev–Trinajstić information content (AvgIpc) is 3.52. The summed E-state index contributed by atoms with van der Waals surface area (Å²) < 4.78 is 20.1. The Bertz CT molecular complexity index is 1560. The zero-order valence-corrected chi connectivity index (χ0v) is 16.3. The number of H-pyrrole nitrogens is 2. The van der Waals surface area contributed by atoms with E-state index >= 15 is 0 Å². The zero-order chi connectivity index (χ0) is 20.9. The Kier molecular flexibility index (Phi) is 3.73. The average molecular weight is 410 g/mol. The number of hydrogen-bond acceptors (Lipinski definition) is 5. The SMILES string of the molecule is Cc1ccncc1-c1cc(F)c2n[nH]c(-c3nc4c(-c5ccoc5)nccc4[nH]3)c2c1. The number of pyridine rings is 2. The summed E-state index contributed by atoms with van der Waals surface area (Å²) in [6, 6.07) is 8.97. The van der Waals surface area contributed by atoms with E-state index in [9.17, 15) is 4.39 Å². The molecule has 0 aliphatic rings. The Morgan fingerprint density at radius 2 is 1.97 bits per heavy atom. The van der Waals surface area contributed by atoms with Crippen molar-refractivity contribution >= 4 is 21.9 Å². The number of benzene rings is 1. The molecule has 150 valence electrons. The summed E-state index contributed by atoms with van der Waals surface area (Å²) in [6.07, 6.45) is 8.38. The van der Waals surface area contributed by atoms with Crippen LogP contribution in [-0.4, -0.2) is 30.1 Å². The van der Waals surface area contributed by atoms with Crippen LogP contribution >= 0.6 is 0 Å². The Labute approximate surface area is 175 Å². The number of aromatic amines is 2. The van der Waals surface area contributed by atoms with E-state index in [4.69, 9.17) is 9.40 Å². The third-order valence-corrected chi connectivity index (χ3v) is 5.39. The topological polar surface area (TPSA) is 96.3 Å². The van der Waals surface area contributed by atoms with Gasteiger partial charge in [-0.3, -0.25) is 15.1 Å². The highest BCUT2D eigenvalue weighted by molar-refractivity contribution is 5.97. The second-order valence-electron chi connectivity index (χ2n) is 7.30. The van der Waals surface area contributed by atoms with Crippen LogP contribution in [0.5, 0.6) is 0 Å². The molecule has 0 radical (unpaired) electrons. The van der Waals surface area contributed by atoms with Crippen LogP contribution < -0.4 is 0 Å². The summed E-state index contributed by atoms with van der Waals surface area (Å²) in [5, 5.41) is 7.76. The number of nitrogens with zero attached hydrogens (tertiary/aromatic N) is 4. The van der Waals surface area contributed by atoms with Gasteiger partial charge >= 0.3 is 0 Å². The number of nitrogens with one attached hydrogen (secondary N) is 2. The molecule has 5 heterocycles. The number of rotatable bonds is 3. The standard InChI is InChI=1S/C23H15FN6O/c1-12-2-5-25-10-16(12)14-8-15-20(17(24)9-14)29-30-21(15)23-27-18-3-6-26-19(22(18)28-23)13-4-7-31-11-13/h2-11H,1H3,(H,27,28)(H,29,30). The maximum atomic E-state index is 14.9. The summed E-state index contributed by atoms with van der Waals surface area (Å²) in [6.45, 7) is 1.97. The normalized spacial score (nSPS) is 11.5. The summed E-state index contributed by atoms with van der Waals surface area (Å²) in [4.78, 5) is 16.7. The molecule has 0 aliphatic heterocycles. The first-order chi connectivity index (χ1) is 15.2. The number of fused-ring (bicyclic) bond motifs is 2. The van der Waals surface area contributed by atoms with Gasteiger partial charge in [-0.15, -0.1) is 0 Å². The summed E-state index contributed by atoms with van der Waals surface area (Å²) in [5.74, 6) is 0.143. The van der Waals surface area contributed by atoms with Crippen LogP contribution in [0.3, 0.4) is 0 Å². The lowest BCUT2D eigenvalue weighted by atomic mass is 10.0. The molecule has 6 aromatic rings. The molecular weight excluding hydrogens is 395 g/mol. The Hall–Kier alpha value is -4.33. The molecule has 7 nitrogen and oxygen atoms in total. The van der Waals surface area contributed by atoms with Crippen LogP contribution in [0.15, 0.2) is 65.9 Å². The summed E-state index contributed by atoms with van der Waals surface area (Å²) in [5.41, 5.74) is 6.51. The number of imidazole rings is 1. The molecule has 0 saturated heterocycles. The van der Waals surface area contributed by atoms with Gasteiger partial charge in [0.2, 0.25) is 0 Å². The van der Waals surface area contributed by atoms with Crippen molar-refractivity contribution in [2.45, 2.75) is 6.92 Å². The van der Waals surface area contributed by atoms with Crippen molar-refractivity contribution in [2.24, 2.45) is 0 Å². The van der Waals surface area contributed by atoms with Gasteiger partial charge in [0.1, 0.15) is 22.4 Å². The molecule has 0 spiro atoms. The molecule has 0 atom stereocenters. The second kappa shape index (κ2) is 6.60. The molecular formula is C23H15FN6O. The lowest BCUT2D eigenvalue weighted by Crippen LogP contribution is -1.88. The van der Waals surface area contributed by atoms with Gasteiger partial charge in [-0.05, 0) is 48.4 Å². The summed E-state index contributed by atoms with van der Waals surface area (Å²) >= 11 is 0. The fourth-order valence-corrected chi connectivity index (χ4v) is 3.84. The molecule has 1 aromatic carbocycles. The van der Waals surface area contributed by atoms with Crippen molar-refractivity contribution in [3.63, 3.8) is 0 Å². The number of halogens is 1. The fourth-order valence-electron chi connectivity index (χ4n) is 3.84. The van der Waals surface area contributed by atoms with Gasteiger partial charge in [0.15, 0.2) is 11.6 Å². The summed E-state index contributed by atoms with van der Waals surface area (Å²) in [7, 11) is 0. The number of aryl methyl sites for hydroxylation is 1. The van der Waals surface area contributed by atoms with E-state index in [0.717, 1.165) is 27.8 Å². The van der Waals surface area contributed by atoms with Crippen molar-refractivity contribution in [2.75, 3.05) is 0 Å². The first-order valence-electron chi connectivity index (χ1n) is 9.65. The number of hydrogen-bond donors (Lipinski definition) is 2. The quantitative estimate of drug-likeness (QED) is 0.414. The van der Waals surface area contributed by atoms with Gasteiger partial charge in [-0.2, -0.15) is 5.10 Å². The molecule has 31 heavy (non-hydrogen) atoms. The van der Waals surface area contributed by atoms with Crippen molar-refractivity contribution in [1.29, 1.82) is 0 Å². The van der Waals surface area contributed by atoms with Crippen molar-refractivity contribution in [3.05, 3.63) is 72.8 Å². The van der Waals surface area contributed by atoms with E-state index < -0.39 is 5.82 Å². The van der Waals surface area contributed by atoms with Crippen LogP contribution in [0.1, 0.15) is 5.56 Å². The predicted molar refractivity (Wildman–Crippen MR) is 115 cm³/mol. The lowest BCUT2D eigenvalue weighted by Gasteiger charge is -2.06. The van der Waals surface area contributed by atoms with E-state index in [2.05, 4.69) is 25.1 Å². The van der Waals surface area contributed by atoms with Crippen molar-refractivity contribution < 1.29 is 8.81 Å². The molecule has 5 aromatic heterocycles. The molecule has 0 fully saturated rings. The minimum absolute atomic E-state index is 0.258. The highest BCUT2D eigenvalue weighted by atomic mass is 19.1. The first kappa shape index (κ1) is 17.5. The molecule has 0 aliphatic carbocycles. The highest BCUT2D eigenvalue weighted by Gasteiger charge is 2.18. The first-order valence-corrected chi connectivity index (χ1v) is 9.65. The molecule has 2 N–H and O–H groups in total. The monoisotopic (exact) mass is 410 g/mol. The largest absolute Gasteiger partial charge is 0.472 e. The molecule has 6 rings (SSSR count). The molecule has 0 bridgehead atoms. The minimum Gasteiger partial charge on any atom is -0.472 e. The Morgan fingerprint density at radius 1 is 1.03 bits per heavy atom. The Morgan fingerprint density at radius 3 is 2.81 bits per heavy atom. The minimum atomic E-state index is -0.407. The van der Waals surface area contributed by atoms with Crippen LogP contribution in [0.2, 0.25) is 0 Å². The predicted octanol–water partition coefficient (Wildman–Crippen LogP) is 5.27. The second-order valence-corrected chi connectivity index (χ2v) is 7.30. The van der Waals surface area contributed by atoms with Crippen molar-refractivity contribution in [3.8, 4) is 33.9 Å². The van der Waals surface area contributed by atoms with E-state index in [-0.39, 0.29) is 5.52 Å². The highest BCUT2D eigenvalue weighted by Crippen LogP contribution is 2.34. The molecule has 0 unspecified atom stereocenters. The molecule has 0 saturated carbocycles. The van der Waals surface area contributed by atoms with Crippen LogP contribution in [0, 0.1) is 12.7 Å². The third kappa shape index (κ3) is 2.72. The number of aromatic nitrogens is 6. The van der Waals surface area contributed by atoms with Gasteiger partial charge < -0.3 is 9.40 Å². The zero-order valence-electron chi connectivity index (χ0n) is 16.3. The maximum absolute atomic E-state index is 14.9. The van der Waals surface area contributed by atoms with Crippen LogP contribution in [-0.2, 0) is 0 Å². The lowest BCUT2D eigenvalue weighted by molar-refractivity contribution is 0.568. The van der Waals surface area contributed by atoms with Gasteiger partial charge in [0.25, 0.3) is 0 Å². The van der Waals surface area contributed by atoms with E-state index in [1.54, 1.807) is 31.1 Å². The molecule has 8 heteroatoms. The van der Waals surface area contributed by atoms with E-state index in [0.29, 0.717) is 28.1 Å². The maximum Gasteiger partial charge on any atom is 0.157 e. The Balaban J connectivity index is 1.56. The van der Waals surface area contributed by atoms with Crippen LogP contribution in [0.25, 0.3) is 55.8 Å². The van der Waals surface area contributed by atoms with Crippen LogP contribution in [0.4, 0.5) is 4.39 Å². The van der Waals surface area contributed by atoms with Gasteiger partial charge in [0, 0.05) is 35.1 Å². The van der Waals surface area contributed by atoms with Gasteiger partial charge in [0.05, 0.1) is 18.0 Å². The fraction of sp³-hybridized carbons (Fsp3) is 0.0435. The van der Waals surface area contributed by atoms with Crippen molar-refractivity contribution in [1.82, 2.24) is 30.1 Å².